The summed E-state index contributed by atoms with van der Waals surface area (Å²) < 4.78 is 44.3. The summed E-state index contributed by atoms with van der Waals surface area (Å²) >= 11 is 0. The van der Waals surface area contributed by atoms with Crippen molar-refractivity contribution in [2.75, 3.05) is 40.4 Å². The fourth-order valence-electron chi connectivity index (χ4n) is 4.30. The number of nitrogens with zero attached hydrogens (tertiary/aromatic N) is 3. The van der Waals surface area contributed by atoms with Crippen LogP contribution in [0, 0.1) is 0 Å². The van der Waals surface area contributed by atoms with Gasteiger partial charge in [0.25, 0.3) is 0 Å². The van der Waals surface area contributed by atoms with Crippen molar-refractivity contribution in [2.24, 2.45) is 0 Å². The van der Waals surface area contributed by atoms with Crippen LogP contribution in [-0.4, -0.2) is 63.0 Å². The topological polar surface area (TPSA) is 85.1 Å². The number of hydrogen-bond donors (Lipinski definition) is 0. The third kappa shape index (κ3) is 4.75. The van der Waals surface area contributed by atoms with Crippen LogP contribution in [0.3, 0.4) is 0 Å². The molecule has 0 aliphatic carbocycles. The van der Waals surface area contributed by atoms with Crippen LogP contribution in [0.25, 0.3) is 22.2 Å². The lowest BCUT2D eigenvalue weighted by molar-refractivity contribution is 0.169. The van der Waals surface area contributed by atoms with Gasteiger partial charge in [0.05, 0.1) is 25.7 Å². The van der Waals surface area contributed by atoms with Crippen molar-refractivity contribution >= 4 is 21.1 Å². The Kier molecular flexibility index (Phi) is 6.46. The van der Waals surface area contributed by atoms with E-state index in [1.54, 1.807) is 12.1 Å². The Labute approximate surface area is 204 Å². The number of benzene rings is 3. The molecule has 0 radical (unpaired) electrons. The van der Waals surface area contributed by atoms with E-state index in [4.69, 9.17) is 13.9 Å². The van der Waals surface area contributed by atoms with Crippen molar-refractivity contribution < 1.29 is 22.3 Å². The minimum Gasteiger partial charge on any atom is -0.493 e. The van der Waals surface area contributed by atoms with E-state index in [9.17, 15) is 8.42 Å². The van der Waals surface area contributed by atoms with Crippen LogP contribution in [0.1, 0.15) is 5.89 Å². The summed E-state index contributed by atoms with van der Waals surface area (Å²) in [5, 5.41) is 0. The Hall–Kier alpha value is -3.40. The Morgan fingerprint density at radius 2 is 1.60 bits per heavy atom. The standard InChI is InChI=1S/C26H27N3O5S/c1-32-24-11-9-21(17-25(24)33-2)35(30,31)29-14-12-28(13-15-29)18-26-27-22-16-20(8-10-23(22)34-26)19-6-4-3-5-7-19/h3-11,16-17H,12-15,18H2,1-2H3. The fourth-order valence-corrected chi connectivity index (χ4v) is 5.74. The lowest BCUT2D eigenvalue weighted by atomic mass is 10.1. The van der Waals surface area contributed by atoms with Gasteiger partial charge >= 0.3 is 0 Å². The molecule has 9 heteroatoms. The summed E-state index contributed by atoms with van der Waals surface area (Å²) in [6.45, 7) is 2.46. The molecule has 35 heavy (non-hydrogen) atoms. The number of sulfonamides is 1. The quantitative estimate of drug-likeness (QED) is 0.384. The number of piperazine rings is 1. The van der Waals surface area contributed by atoms with Crippen LogP contribution in [0.5, 0.6) is 11.5 Å². The van der Waals surface area contributed by atoms with Gasteiger partial charge in [-0.1, -0.05) is 36.4 Å². The number of aromatic nitrogens is 1. The molecule has 0 N–H and O–H groups in total. The van der Waals surface area contributed by atoms with Crippen molar-refractivity contribution in [3.63, 3.8) is 0 Å². The minimum absolute atomic E-state index is 0.191. The third-order valence-electron chi connectivity index (χ3n) is 6.22. The van der Waals surface area contributed by atoms with Crippen LogP contribution < -0.4 is 9.47 Å². The molecule has 0 unspecified atom stereocenters. The predicted octanol–water partition coefficient (Wildman–Crippen LogP) is 4.02. The van der Waals surface area contributed by atoms with Gasteiger partial charge in [-0.3, -0.25) is 4.90 Å². The maximum Gasteiger partial charge on any atom is 0.243 e. The molecule has 0 bridgehead atoms. The molecule has 3 aromatic carbocycles. The first-order chi connectivity index (χ1) is 17.0. The van der Waals surface area contributed by atoms with Gasteiger partial charge in [0.1, 0.15) is 5.52 Å². The molecule has 1 fully saturated rings. The van der Waals surface area contributed by atoms with Crippen LogP contribution in [0.4, 0.5) is 0 Å². The maximum absolute atomic E-state index is 13.2. The minimum atomic E-state index is -3.64. The molecule has 1 aliphatic rings. The van der Waals surface area contributed by atoms with Crippen molar-refractivity contribution in [1.29, 1.82) is 0 Å². The van der Waals surface area contributed by atoms with E-state index in [1.165, 1.54) is 24.6 Å². The van der Waals surface area contributed by atoms with Crippen molar-refractivity contribution in [1.82, 2.24) is 14.2 Å². The molecule has 5 rings (SSSR count). The van der Waals surface area contributed by atoms with Gasteiger partial charge in [0, 0.05) is 32.2 Å². The van der Waals surface area contributed by atoms with Gasteiger partial charge in [-0.25, -0.2) is 13.4 Å². The highest BCUT2D eigenvalue weighted by atomic mass is 32.2. The second kappa shape index (κ2) is 9.69. The molecule has 1 saturated heterocycles. The van der Waals surface area contributed by atoms with E-state index in [0.717, 1.165) is 22.2 Å². The monoisotopic (exact) mass is 493 g/mol. The Morgan fingerprint density at radius 3 is 2.31 bits per heavy atom. The number of fused-ring (bicyclic) bond motifs is 1. The first kappa shape index (κ1) is 23.3. The molecule has 2 heterocycles. The van der Waals surface area contributed by atoms with Gasteiger partial charge in [0.15, 0.2) is 17.1 Å². The molecule has 8 nitrogen and oxygen atoms in total. The van der Waals surface area contributed by atoms with E-state index in [-0.39, 0.29) is 4.90 Å². The molecular weight excluding hydrogens is 466 g/mol. The van der Waals surface area contributed by atoms with Crippen LogP contribution >= 0.6 is 0 Å². The van der Waals surface area contributed by atoms with Crippen molar-refractivity contribution in [3.8, 4) is 22.6 Å². The smallest absolute Gasteiger partial charge is 0.243 e. The summed E-state index contributed by atoms with van der Waals surface area (Å²) in [4.78, 5) is 7.03. The van der Waals surface area contributed by atoms with Crippen LogP contribution in [-0.2, 0) is 16.6 Å². The largest absolute Gasteiger partial charge is 0.493 e. The Balaban J connectivity index is 1.25. The van der Waals surface area contributed by atoms with Crippen molar-refractivity contribution in [2.45, 2.75) is 11.4 Å². The maximum atomic E-state index is 13.2. The molecule has 0 atom stereocenters. The van der Waals surface area contributed by atoms with E-state index in [2.05, 4.69) is 22.0 Å². The summed E-state index contributed by atoms with van der Waals surface area (Å²) in [5.74, 6) is 1.51. The molecule has 0 amide bonds. The lowest BCUT2D eigenvalue weighted by Crippen LogP contribution is -2.48. The SMILES string of the molecule is COc1ccc(S(=O)(=O)N2CCN(Cc3nc4cc(-c5ccccc5)ccc4o3)CC2)cc1OC. The van der Waals surface area contributed by atoms with Gasteiger partial charge < -0.3 is 13.9 Å². The highest BCUT2D eigenvalue weighted by molar-refractivity contribution is 7.89. The van der Waals surface area contributed by atoms with Gasteiger partial charge in [-0.15, -0.1) is 0 Å². The fraction of sp³-hybridized carbons (Fsp3) is 0.269. The number of methoxy groups -OCH3 is 2. The second-order valence-electron chi connectivity index (χ2n) is 8.35. The summed E-state index contributed by atoms with van der Waals surface area (Å²) in [5.41, 5.74) is 3.78. The summed E-state index contributed by atoms with van der Waals surface area (Å²) in [7, 11) is -0.630. The summed E-state index contributed by atoms with van der Waals surface area (Å²) in [6, 6.07) is 20.8. The third-order valence-corrected chi connectivity index (χ3v) is 8.12. The van der Waals surface area contributed by atoms with E-state index in [0.29, 0.717) is 50.1 Å². The average molecular weight is 494 g/mol. The zero-order valence-corrected chi connectivity index (χ0v) is 20.5. The first-order valence-corrected chi connectivity index (χ1v) is 12.8. The zero-order chi connectivity index (χ0) is 24.4. The predicted molar refractivity (Wildman–Crippen MR) is 133 cm³/mol. The number of oxazole rings is 1. The molecule has 0 spiro atoms. The average Bonchev–Trinajstić information content (AvgIpc) is 3.30. The van der Waals surface area contributed by atoms with E-state index >= 15 is 0 Å². The molecule has 0 saturated carbocycles. The summed E-state index contributed by atoms with van der Waals surface area (Å²) in [6.07, 6.45) is 0. The first-order valence-electron chi connectivity index (χ1n) is 11.4. The lowest BCUT2D eigenvalue weighted by Gasteiger charge is -2.33. The zero-order valence-electron chi connectivity index (χ0n) is 19.7. The number of hydrogen-bond acceptors (Lipinski definition) is 7. The van der Waals surface area contributed by atoms with Gasteiger partial charge in [-0.2, -0.15) is 4.31 Å². The van der Waals surface area contributed by atoms with E-state index < -0.39 is 10.0 Å². The molecule has 4 aromatic rings. The highest BCUT2D eigenvalue weighted by Crippen LogP contribution is 2.31. The highest BCUT2D eigenvalue weighted by Gasteiger charge is 2.29. The number of rotatable bonds is 7. The van der Waals surface area contributed by atoms with Crippen LogP contribution in [0.15, 0.2) is 76.0 Å². The second-order valence-corrected chi connectivity index (χ2v) is 10.3. The molecule has 182 valence electrons. The Morgan fingerprint density at radius 1 is 0.857 bits per heavy atom. The normalized spacial score (nSPS) is 15.4. The molecular formula is C26H27N3O5S. The van der Waals surface area contributed by atoms with E-state index in [1.807, 2.05) is 36.4 Å². The Bertz CT molecular complexity index is 1430. The molecule has 1 aliphatic heterocycles. The van der Waals surface area contributed by atoms with Crippen molar-refractivity contribution in [3.05, 3.63) is 72.6 Å². The number of ether oxygens (including phenoxy) is 2. The van der Waals surface area contributed by atoms with Gasteiger partial charge in [0.2, 0.25) is 15.9 Å². The van der Waals surface area contributed by atoms with Gasteiger partial charge in [-0.05, 0) is 35.4 Å². The molecule has 1 aromatic heterocycles. The van der Waals surface area contributed by atoms with Crippen LogP contribution in [0.2, 0.25) is 0 Å².